The number of nitrogens with one attached hydrogen (secondary N) is 3. The van der Waals surface area contributed by atoms with Gasteiger partial charge in [-0.15, -0.1) is 6.42 Å². The first-order valence-corrected chi connectivity index (χ1v) is 6.79. The topological polar surface area (TPSA) is 70.2 Å². The molecule has 0 saturated carbocycles. The van der Waals surface area contributed by atoms with E-state index < -0.39 is 0 Å². The molecule has 0 aliphatic heterocycles. The molecule has 2 rings (SSSR count). The molecule has 3 amide bonds. The Labute approximate surface area is 134 Å². The smallest absolute Gasteiger partial charge is 0.323 e. The van der Waals surface area contributed by atoms with Crippen LogP contribution >= 0.6 is 0 Å². The molecule has 114 valence electrons. The minimum absolute atomic E-state index is 0.295. The Kier molecular flexibility index (Phi) is 5.16. The Hall–Kier alpha value is -3.52. The van der Waals surface area contributed by atoms with E-state index in [1.165, 1.54) is 6.08 Å². The van der Waals surface area contributed by atoms with E-state index in [9.17, 15) is 9.59 Å². The number of anilines is 3. The van der Waals surface area contributed by atoms with Gasteiger partial charge in [0.2, 0.25) is 5.91 Å². The molecule has 5 nitrogen and oxygen atoms in total. The maximum absolute atomic E-state index is 11.9. The van der Waals surface area contributed by atoms with Crippen LogP contribution in [0.4, 0.5) is 21.9 Å². The molecule has 2 aromatic carbocycles. The van der Waals surface area contributed by atoms with Crippen LogP contribution in [0, 0.1) is 12.3 Å². The highest BCUT2D eigenvalue weighted by Gasteiger charge is 2.04. The van der Waals surface area contributed by atoms with Gasteiger partial charge in [0.15, 0.2) is 0 Å². The van der Waals surface area contributed by atoms with E-state index in [0.29, 0.717) is 22.6 Å². The summed E-state index contributed by atoms with van der Waals surface area (Å²) in [5.74, 6) is 2.21. The van der Waals surface area contributed by atoms with E-state index in [2.05, 4.69) is 28.4 Å². The number of rotatable bonds is 4. The summed E-state index contributed by atoms with van der Waals surface area (Å²) >= 11 is 0. The van der Waals surface area contributed by atoms with Crippen LogP contribution in [0.15, 0.2) is 61.2 Å². The van der Waals surface area contributed by atoms with Crippen molar-refractivity contribution in [3.63, 3.8) is 0 Å². The lowest BCUT2D eigenvalue weighted by Gasteiger charge is -2.09. The van der Waals surface area contributed by atoms with E-state index in [0.717, 1.165) is 0 Å². The van der Waals surface area contributed by atoms with Crippen molar-refractivity contribution < 1.29 is 9.59 Å². The molecule has 3 N–H and O–H groups in total. The van der Waals surface area contributed by atoms with Crippen molar-refractivity contribution in [3.05, 3.63) is 66.7 Å². The molecule has 2 aromatic rings. The lowest BCUT2D eigenvalue weighted by molar-refractivity contribution is -0.111. The van der Waals surface area contributed by atoms with Gasteiger partial charge in [0, 0.05) is 22.6 Å². The number of benzene rings is 2. The molecule has 0 saturated heterocycles. The molecule has 0 aromatic heterocycles. The van der Waals surface area contributed by atoms with Crippen molar-refractivity contribution in [1.29, 1.82) is 0 Å². The monoisotopic (exact) mass is 305 g/mol. The van der Waals surface area contributed by atoms with Crippen LogP contribution in [-0.2, 0) is 4.79 Å². The SMILES string of the molecule is C#Cc1cccc(NC(=O)Nc2ccc(NC(=O)C=C)cc2)c1. The number of carbonyl (C=O) groups excluding carboxylic acids is 2. The highest BCUT2D eigenvalue weighted by molar-refractivity contribution is 6.01. The van der Waals surface area contributed by atoms with Crippen LogP contribution in [0.5, 0.6) is 0 Å². The van der Waals surface area contributed by atoms with E-state index in [4.69, 9.17) is 6.42 Å². The molecule has 0 bridgehead atoms. The first kappa shape index (κ1) is 15.9. The van der Waals surface area contributed by atoms with Gasteiger partial charge in [-0.05, 0) is 48.5 Å². The highest BCUT2D eigenvalue weighted by atomic mass is 16.2. The van der Waals surface area contributed by atoms with Crippen molar-refractivity contribution >= 4 is 29.0 Å². The normalized spacial score (nSPS) is 9.35. The van der Waals surface area contributed by atoms with E-state index in [-0.39, 0.29) is 11.9 Å². The van der Waals surface area contributed by atoms with E-state index >= 15 is 0 Å². The average Bonchev–Trinajstić information content (AvgIpc) is 2.56. The number of terminal acetylenes is 1. The van der Waals surface area contributed by atoms with Gasteiger partial charge in [-0.2, -0.15) is 0 Å². The van der Waals surface area contributed by atoms with Gasteiger partial charge in [-0.25, -0.2) is 4.79 Å². The Morgan fingerprint density at radius 1 is 0.957 bits per heavy atom. The first-order valence-electron chi connectivity index (χ1n) is 6.79. The summed E-state index contributed by atoms with van der Waals surface area (Å²) in [7, 11) is 0. The van der Waals surface area contributed by atoms with Crippen molar-refractivity contribution in [3.8, 4) is 12.3 Å². The molecule has 5 heteroatoms. The molecule has 0 aliphatic carbocycles. The molecule has 0 spiro atoms. The summed E-state index contributed by atoms with van der Waals surface area (Å²) in [6.07, 6.45) is 6.50. The zero-order valence-electron chi connectivity index (χ0n) is 12.3. The van der Waals surface area contributed by atoms with Crippen molar-refractivity contribution in [2.75, 3.05) is 16.0 Å². The highest BCUT2D eigenvalue weighted by Crippen LogP contribution is 2.15. The fourth-order valence-corrected chi connectivity index (χ4v) is 1.81. The minimum Gasteiger partial charge on any atom is -0.323 e. The molecule has 0 fully saturated rings. The van der Waals surface area contributed by atoms with Gasteiger partial charge in [0.05, 0.1) is 0 Å². The molecule has 0 aliphatic rings. The van der Waals surface area contributed by atoms with Crippen LogP contribution in [0.3, 0.4) is 0 Å². The summed E-state index contributed by atoms with van der Waals surface area (Å²) < 4.78 is 0. The third-order valence-electron chi connectivity index (χ3n) is 2.88. The summed E-state index contributed by atoms with van der Waals surface area (Å²) in [5, 5.41) is 8.00. The van der Waals surface area contributed by atoms with Crippen molar-refractivity contribution in [2.24, 2.45) is 0 Å². The largest absolute Gasteiger partial charge is 0.323 e. The fourth-order valence-electron chi connectivity index (χ4n) is 1.81. The van der Waals surface area contributed by atoms with E-state index in [1.807, 2.05) is 0 Å². The Morgan fingerprint density at radius 3 is 2.17 bits per heavy atom. The van der Waals surface area contributed by atoms with Crippen molar-refractivity contribution in [2.45, 2.75) is 0 Å². The summed E-state index contributed by atoms with van der Waals surface area (Å²) in [4.78, 5) is 23.1. The van der Waals surface area contributed by atoms with Gasteiger partial charge in [-0.3, -0.25) is 4.79 Å². The van der Waals surface area contributed by atoms with Gasteiger partial charge in [0.1, 0.15) is 0 Å². The van der Waals surface area contributed by atoms with Crippen LogP contribution < -0.4 is 16.0 Å². The maximum Gasteiger partial charge on any atom is 0.323 e. The zero-order valence-corrected chi connectivity index (χ0v) is 12.3. The van der Waals surface area contributed by atoms with Crippen LogP contribution in [0.2, 0.25) is 0 Å². The van der Waals surface area contributed by atoms with Crippen molar-refractivity contribution in [1.82, 2.24) is 0 Å². The average molecular weight is 305 g/mol. The second-order valence-electron chi connectivity index (χ2n) is 4.57. The lowest BCUT2D eigenvalue weighted by atomic mass is 10.2. The number of carbonyl (C=O) groups is 2. The molecular weight excluding hydrogens is 290 g/mol. The maximum atomic E-state index is 11.9. The number of hydrogen-bond acceptors (Lipinski definition) is 2. The number of amides is 3. The second kappa shape index (κ2) is 7.48. The molecule has 0 heterocycles. The van der Waals surface area contributed by atoms with Crippen LogP contribution in [-0.4, -0.2) is 11.9 Å². The predicted octanol–water partition coefficient (Wildman–Crippen LogP) is 3.44. The van der Waals surface area contributed by atoms with Crippen LogP contribution in [0.1, 0.15) is 5.56 Å². The Morgan fingerprint density at radius 2 is 1.57 bits per heavy atom. The fraction of sp³-hybridized carbons (Fsp3) is 0. The Balaban J connectivity index is 1.96. The quantitative estimate of drug-likeness (QED) is 0.598. The molecule has 0 atom stereocenters. The first-order chi connectivity index (χ1) is 11.1. The molecule has 0 radical (unpaired) electrons. The van der Waals surface area contributed by atoms with Gasteiger partial charge in [-0.1, -0.05) is 18.6 Å². The number of hydrogen-bond donors (Lipinski definition) is 3. The van der Waals surface area contributed by atoms with Crippen LogP contribution in [0.25, 0.3) is 0 Å². The number of urea groups is 1. The summed E-state index contributed by atoms with van der Waals surface area (Å²) in [6.45, 7) is 3.38. The predicted molar refractivity (Wildman–Crippen MR) is 92.3 cm³/mol. The third kappa shape index (κ3) is 4.76. The molecule has 23 heavy (non-hydrogen) atoms. The summed E-state index contributed by atoms with van der Waals surface area (Å²) in [6, 6.07) is 13.3. The third-order valence-corrected chi connectivity index (χ3v) is 2.88. The Bertz CT molecular complexity index is 774. The van der Waals surface area contributed by atoms with E-state index in [1.54, 1.807) is 48.5 Å². The van der Waals surface area contributed by atoms with Gasteiger partial charge in [0.25, 0.3) is 0 Å². The summed E-state index contributed by atoms with van der Waals surface area (Å²) in [5.41, 5.74) is 2.49. The zero-order chi connectivity index (χ0) is 16.7. The standard InChI is InChI=1S/C18H15N3O2/c1-3-13-6-5-7-16(12-13)21-18(23)20-15-10-8-14(9-11-15)19-17(22)4-2/h1,4-12H,2H2,(H,19,22)(H2,20,21,23). The van der Waals surface area contributed by atoms with Gasteiger partial charge < -0.3 is 16.0 Å². The minimum atomic E-state index is -0.387. The lowest BCUT2D eigenvalue weighted by Crippen LogP contribution is -2.19. The molecule has 0 unspecified atom stereocenters. The van der Waals surface area contributed by atoms with Gasteiger partial charge >= 0.3 is 6.03 Å². The molecular formula is C18H15N3O2. The second-order valence-corrected chi connectivity index (χ2v) is 4.57.